The molecule has 66 valence electrons. The highest BCUT2D eigenvalue weighted by molar-refractivity contribution is 5.81. The van der Waals surface area contributed by atoms with Crippen molar-refractivity contribution >= 4 is 5.91 Å². The molecule has 0 saturated carbocycles. The lowest BCUT2D eigenvalue weighted by molar-refractivity contribution is -0.131. The van der Waals surface area contributed by atoms with Crippen LogP contribution >= 0.6 is 0 Å². The molecule has 0 unspecified atom stereocenters. The maximum Gasteiger partial charge on any atom is 0.239 e. The van der Waals surface area contributed by atoms with Crippen molar-refractivity contribution < 1.29 is 4.79 Å². The van der Waals surface area contributed by atoms with Gasteiger partial charge >= 0.3 is 0 Å². The van der Waals surface area contributed by atoms with Gasteiger partial charge < -0.3 is 10.6 Å². The third-order valence-corrected chi connectivity index (χ3v) is 1.77. The largest absolute Gasteiger partial charge is 0.345 e. The van der Waals surface area contributed by atoms with Crippen LogP contribution in [0.4, 0.5) is 0 Å². The molecule has 0 heterocycles. The fourth-order valence-corrected chi connectivity index (χ4v) is 0.873. The van der Waals surface area contributed by atoms with Crippen LogP contribution in [0, 0.1) is 0 Å². The molecule has 11 heavy (non-hydrogen) atoms. The molecule has 3 heteroatoms. The first-order valence-electron chi connectivity index (χ1n) is 4.14. The zero-order valence-corrected chi connectivity index (χ0v) is 7.63. The molecule has 1 atom stereocenters. The van der Waals surface area contributed by atoms with Crippen molar-refractivity contribution in [1.29, 1.82) is 0 Å². The Bertz CT molecular complexity index is 125. The Morgan fingerprint density at radius 2 is 2.09 bits per heavy atom. The van der Waals surface area contributed by atoms with Gasteiger partial charge in [0.2, 0.25) is 5.91 Å². The number of carbonyl (C=O) groups is 1. The topological polar surface area (TPSA) is 46.3 Å². The summed E-state index contributed by atoms with van der Waals surface area (Å²) in [6, 6.07) is -0.301. The van der Waals surface area contributed by atoms with Gasteiger partial charge in [-0.05, 0) is 13.3 Å². The summed E-state index contributed by atoms with van der Waals surface area (Å²) in [6.07, 6.45) is 1.74. The molecule has 0 saturated heterocycles. The molecule has 0 aromatic carbocycles. The minimum Gasteiger partial charge on any atom is -0.345 e. The first kappa shape index (κ1) is 10.4. The van der Waals surface area contributed by atoms with E-state index in [-0.39, 0.29) is 11.9 Å². The summed E-state index contributed by atoms with van der Waals surface area (Å²) in [6.45, 7) is 4.70. The summed E-state index contributed by atoms with van der Waals surface area (Å²) in [5.41, 5.74) is 5.61. The Labute approximate surface area is 68.6 Å². The number of hydrogen-bond acceptors (Lipinski definition) is 2. The van der Waals surface area contributed by atoms with Crippen LogP contribution in [0.1, 0.15) is 26.7 Å². The van der Waals surface area contributed by atoms with Gasteiger partial charge in [0, 0.05) is 13.6 Å². The van der Waals surface area contributed by atoms with Gasteiger partial charge in [0.05, 0.1) is 6.04 Å². The van der Waals surface area contributed by atoms with Gasteiger partial charge in [-0.1, -0.05) is 13.3 Å². The normalized spacial score (nSPS) is 12.7. The minimum absolute atomic E-state index is 0.0503. The lowest BCUT2D eigenvalue weighted by Crippen LogP contribution is -2.41. The van der Waals surface area contributed by atoms with Gasteiger partial charge in [-0.3, -0.25) is 4.79 Å². The van der Waals surface area contributed by atoms with E-state index in [4.69, 9.17) is 5.73 Å². The molecular formula is C8H18N2O. The van der Waals surface area contributed by atoms with E-state index in [0.717, 1.165) is 19.4 Å². The average Bonchev–Trinajstić information content (AvgIpc) is 2.02. The van der Waals surface area contributed by atoms with Crippen molar-refractivity contribution in [3.63, 3.8) is 0 Å². The molecule has 2 N–H and O–H groups in total. The van der Waals surface area contributed by atoms with Crippen molar-refractivity contribution in [1.82, 2.24) is 4.90 Å². The van der Waals surface area contributed by atoms with Crippen LogP contribution in [0.15, 0.2) is 0 Å². The van der Waals surface area contributed by atoms with Crippen LogP contribution in [0.5, 0.6) is 0 Å². The Balaban J connectivity index is 3.81. The monoisotopic (exact) mass is 158 g/mol. The Morgan fingerprint density at radius 3 is 2.45 bits per heavy atom. The molecule has 3 nitrogen and oxygen atoms in total. The molecule has 0 spiro atoms. The van der Waals surface area contributed by atoms with Gasteiger partial charge in [-0.25, -0.2) is 0 Å². The second kappa shape index (κ2) is 5.13. The van der Waals surface area contributed by atoms with Crippen molar-refractivity contribution in [3.05, 3.63) is 0 Å². The van der Waals surface area contributed by atoms with E-state index < -0.39 is 0 Å². The lowest BCUT2D eigenvalue weighted by Gasteiger charge is -2.18. The van der Waals surface area contributed by atoms with Gasteiger partial charge in [0.25, 0.3) is 0 Å². The maximum atomic E-state index is 11.3. The summed E-state index contributed by atoms with van der Waals surface area (Å²) in [5.74, 6) is 0.0503. The summed E-state index contributed by atoms with van der Waals surface area (Å²) >= 11 is 0. The fraction of sp³-hybridized carbons (Fsp3) is 0.875. The van der Waals surface area contributed by atoms with Crippen LogP contribution in [-0.2, 0) is 4.79 Å². The lowest BCUT2D eigenvalue weighted by atomic mass is 10.1. The predicted octanol–water partition coefficient (Wildman–Crippen LogP) is 0.592. The number of hydrogen-bond donors (Lipinski definition) is 1. The zero-order chi connectivity index (χ0) is 8.85. The second-order valence-electron chi connectivity index (χ2n) is 2.75. The van der Waals surface area contributed by atoms with Crippen LogP contribution in [0.25, 0.3) is 0 Å². The van der Waals surface area contributed by atoms with Crippen LogP contribution in [0.2, 0.25) is 0 Å². The minimum atomic E-state index is -0.301. The number of nitrogens with zero attached hydrogens (tertiary/aromatic N) is 1. The predicted molar refractivity (Wildman–Crippen MR) is 46.2 cm³/mol. The van der Waals surface area contributed by atoms with Crippen molar-refractivity contribution in [2.75, 3.05) is 13.6 Å². The summed E-state index contributed by atoms with van der Waals surface area (Å²) in [7, 11) is 1.78. The molecule has 0 aromatic heterocycles. The molecule has 0 aliphatic heterocycles. The van der Waals surface area contributed by atoms with Crippen molar-refractivity contribution in [2.45, 2.75) is 32.7 Å². The van der Waals surface area contributed by atoms with Gasteiger partial charge in [0.15, 0.2) is 0 Å². The first-order chi connectivity index (χ1) is 5.13. The Morgan fingerprint density at radius 1 is 1.55 bits per heavy atom. The van der Waals surface area contributed by atoms with E-state index in [0.29, 0.717) is 0 Å². The number of rotatable bonds is 4. The summed E-state index contributed by atoms with van der Waals surface area (Å²) < 4.78 is 0. The first-order valence-corrected chi connectivity index (χ1v) is 4.14. The van der Waals surface area contributed by atoms with Gasteiger partial charge in [0.1, 0.15) is 0 Å². The molecule has 0 radical (unpaired) electrons. The molecule has 0 aliphatic carbocycles. The quantitative estimate of drug-likeness (QED) is 0.651. The van der Waals surface area contributed by atoms with E-state index in [9.17, 15) is 4.79 Å². The standard InChI is InChI=1S/C8H18N2O/c1-4-6-7(9)8(11)10(3)5-2/h7H,4-6,9H2,1-3H3/t7-/m0/s1. The SMILES string of the molecule is CCC[C@H](N)C(=O)N(C)CC. The fourth-order valence-electron chi connectivity index (χ4n) is 0.873. The third-order valence-electron chi connectivity index (χ3n) is 1.77. The van der Waals surface area contributed by atoms with E-state index in [2.05, 4.69) is 0 Å². The smallest absolute Gasteiger partial charge is 0.239 e. The van der Waals surface area contributed by atoms with Crippen LogP contribution < -0.4 is 5.73 Å². The molecule has 0 aliphatic rings. The van der Waals surface area contributed by atoms with Crippen LogP contribution in [-0.4, -0.2) is 30.4 Å². The number of amides is 1. The molecule has 0 aromatic rings. The second-order valence-corrected chi connectivity index (χ2v) is 2.75. The summed E-state index contributed by atoms with van der Waals surface area (Å²) in [5, 5.41) is 0. The van der Waals surface area contributed by atoms with E-state index >= 15 is 0 Å². The molecule has 0 bridgehead atoms. The number of nitrogens with two attached hydrogens (primary N) is 1. The maximum absolute atomic E-state index is 11.3. The Kier molecular flexibility index (Phi) is 4.86. The summed E-state index contributed by atoms with van der Waals surface area (Å²) in [4.78, 5) is 12.9. The van der Waals surface area contributed by atoms with E-state index in [1.807, 2.05) is 13.8 Å². The number of likely N-dealkylation sites (N-methyl/N-ethyl adjacent to an activating group) is 1. The van der Waals surface area contributed by atoms with Crippen molar-refractivity contribution in [2.24, 2.45) is 5.73 Å². The Hall–Kier alpha value is -0.570. The molecule has 0 fully saturated rings. The highest BCUT2D eigenvalue weighted by Gasteiger charge is 2.14. The average molecular weight is 158 g/mol. The third kappa shape index (κ3) is 3.37. The highest BCUT2D eigenvalue weighted by Crippen LogP contribution is 1.97. The molecular weight excluding hydrogens is 140 g/mol. The van der Waals surface area contributed by atoms with Gasteiger partial charge in [-0.15, -0.1) is 0 Å². The van der Waals surface area contributed by atoms with Gasteiger partial charge in [-0.2, -0.15) is 0 Å². The molecule has 1 amide bonds. The van der Waals surface area contributed by atoms with Crippen molar-refractivity contribution in [3.8, 4) is 0 Å². The van der Waals surface area contributed by atoms with E-state index in [1.54, 1.807) is 11.9 Å². The highest BCUT2D eigenvalue weighted by atomic mass is 16.2. The zero-order valence-electron chi connectivity index (χ0n) is 7.63. The molecule has 0 rings (SSSR count). The van der Waals surface area contributed by atoms with Crippen LogP contribution in [0.3, 0.4) is 0 Å². The number of carbonyl (C=O) groups excluding carboxylic acids is 1. The van der Waals surface area contributed by atoms with E-state index in [1.165, 1.54) is 0 Å².